The monoisotopic (exact) mass is 666 g/mol. The van der Waals surface area contributed by atoms with Crippen LogP contribution in [0.25, 0.3) is 0 Å². The van der Waals surface area contributed by atoms with E-state index in [-0.39, 0.29) is 0 Å². The second kappa shape index (κ2) is 12.8. The third-order valence-electron chi connectivity index (χ3n) is 6.34. The summed E-state index contributed by atoms with van der Waals surface area (Å²) in [5.74, 6) is 0. The van der Waals surface area contributed by atoms with Gasteiger partial charge in [-0.05, 0) is 90.9 Å². The molecule has 0 saturated heterocycles. The lowest BCUT2D eigenvalue weighted by molar-refractivity contribution is 0.0849. The van der Waals surface area contributed by atoms with Gasteiger partial charge in [0.2, 0.25) is 0 Å². The molecular formula is C25H33BrIO4PS. The number of hydrogen-bond acceptors (Lipinski definition) is 4. The molecule has 0 bridgehead atoms. The highest BCUT2D eigenvalue weighted by Crippen LogP contribution is 2.54. The van der Waals surface area contributed by atoms with Gasteiger partial charge in [0.1, 0.15) is 0 Å². The fourth-order valence-corrected chi connectivity index (χ4v) is 8.66. The fourth-order valence-electron chi connectivity index (χ4n) is 4.31. The van der Waals surface area contributed by atoms with Crippen molar-refractivity contribution in [3.63, 3.8) is 0 Å². The van der Waals surface area contributed by atoms with Gasteiger partial charge in [0.25, 0.3) is 0 Å². The molecule has 0 heterocycles. The summed E-state index contributed by atoms with van der Waals surface area (Å²) < 4.78 is 39.0. The first-order valence-electron chi connectivity index (χ1n) is 11.5. The lowest BCUT2D eigenvalue weighted by atomic mass is 9.92. The number of ether oxygens (including phenoxy) is 1. The molecule has 2 aromatic rings. The molecule has 0 amide bonds. The van der Waals surface area contributed by atoms with Crippen LogP contribution in [0.3, 0.4) is 0 Å². The predicted molar refractivity (Wildman–Crippen MR) is 149 cm³/mol. The minimum Gasteiger partial charge on any atom is -0.377 e. The number of hydrogen-bond donors (Lipinski definition) is 0. The quantitative estimate of drug-likeness (QED) is 0.110. The summed E-state index contributed by atoms with van der Waals surface area (Å²) in [6.45, 7) is 3.85. The van der Waals surface area contributed by atoms with Crippen molar-refractivity contribution in [3.05, 3.63) is 64.6 Å². The Balaban J connectivity index is 1.45. The normalized spacial score (nSPS) is 17.3. The maximum absolute atomic E-state index is 13.4. The number of rotatable bonds is 15. The van der Waals surface area contributed by atoms with Crippen molar-refractivity contribution in [2.45, 2.75) is 80.1 Å². The van der Waals surface area contributed by atoms with Crippen LogP contribution in [-0.4, -0.2) is 25.4 Å². The van der Waals surface area contributed by atoms with Gasteiger partial charge in [0.15, 0.2) is 9.84 Å². The number of unbranched alkanes of at least 4 members (excludes halogenated alkanes) is 3. The van der Waals surface area contributed by atoms with E-state index in [9.17, 15) is 8.42 Å². The molecule has 4 nitrogen and oxygen atoms in total. The Morgan fingerprint density at radius 1 is 1.03 bits per heavy atom. The summed E-state index contributed by atoms with van der Waals surface area (Å²) in [5, 5.41) is 0. The van der Waals surface area contributed by atoms with Crippen LogP contribution in [0.15, 0.2) is 64.0 Å². The molecule has 1 fully saturated rings. The van der Waals surface area contributed by atoms with Crippen molar-refractivity contribution in [1.29, 1.82) is 0 Å². The molecule has 1 aliphatic carbocycles. The Kier molecular flexibility index (Phi) is 10.7. The average Bonchev–Trinajstić information content (AvgIpc) is 3.57. The van der Waals surface area contributed by atoms with Crippen molar-refractivity contribution in [2.75, 3.05) is 6.61 Å². The van der Waals surface area contributed by atoms with Crippen molar-refractivity contribution < 1.29 is 17.7 Å². The fraction of sp³-hybridized carbons (Fsp3) is 0.520. The third kappa shape index (κ3) is 7.97. The molecule has 2 aromatic carbocycles. The molecule has 1 aliphatic rings. The van der Waals surface area contributed by atoms with Crippen LogP contribution in [-0.2, 0) is 25.7 Å². The molecule has 0 aromatic heterocycles. The highest BCUT2D eigenvalue weighted by Gasteiger charge is 2.57. The van der Waals surface area contributed by atoms with Crippen LogP contribution >= 0.6 is 44.4 Å². The van der Waals surface area contributed by atoms with Gasteiger partial charge in [-0.2, -0.15) is 0 Å². The van der Waals surface area contributed by atoms with E-state index in [0.29, 0.717) is 37.2 Å². The molecule has 8 heteroatoms. The maximum Gasteiger partial charge on any atom is 0.184 e. The number of halogens is 2. The van der Waals surface area contributed by atoms with Crippen molar-refractivity contribution in [2.24, 2.45) is 0 Å². The Hall–Kier alpha value is -0.0500. The molecule has 1 saturated carbocycles. The zero-order valence-corrected chi connectivity index (χ0v) is 24.6. The van der Waals surface area contributed by atoms with Crippen LogP contribution in [0.5, 0.6) is 0 Å². The Morgan fingerprint density at radius 3 is 2.33 bits per heavy atom. The van der Waals surface area contributed by atoms with E-state index >= 15 is 0 Å². The molecule has 33 heavy (non-hydrogen) atoms. The van der Waals surface area contributed by atoms with E-state index < -0.39 is 20.2 Å². The van der Waals surface area contributed by atoms with Gasteiger partial charge in [-0.3, -0.25) is 0 Å². The number of benzene rings is 2. The van der Waals surface area contributed by atoms with E-state index in [0.717, 1.165) is 43.2 Å². The SMILES string of the molecule is CC(CCCCCCOCc1ccccc1)(CC1(S(=O)(=O)c2ccc(Br)cc2)CC1)OPI. The van der Waals surface area contributed by atoms with Gasteiger partial charge in [-0.25, -0.2) is 8.42 Å². The first-order chi connectivity index (χ1) is 15.8. The Labute approximate surface area is 222 Å². The summed E-state index contributed by atoms with van der Waals surface area (Å²) in [6.07, 6.45) is 7.16. The van der Waals surface area contributed by atoms with E-state index in [4.69, 9.17) is 9.26 Å². The molecule has 2 unspecified atom stereocenters. The molecule has 0 N–H and O–H groups in total. The first kappa shape index (κ1) is 27.5. The lowest BCUT2D eigenvalue weighted by Crippen LogP contribution is -2.36. The Morgan fingerprint density at radius 2 is 1.70 bits per heavy atom. The first-order valence-corrected chi connectivity index (χ1v) is 17.8. The highest BCUT2D eigenvalue weighted by molar-refractivity contribution is 14.2. The van der Waals surface area contributed by atoms with Gasteiger partial charge in [0, 0.05) is 11.1 Å². The molecule has 0 aliphatic heterocycles. The molecule has 182 valence electrons. The molecule has 2 atom stereocenters. The lowest BCUT2D eigenvalue weighted by Gasteiger charge is -2.33. The predicted octanol–water partition coefficient (Wildman–Crippen LogP) is 8.03. The zero-order valence-electron chi connectivity index (χ0n) is 19.1. The van der Waals surface area contributed by atoms with Gasteiger partial charge in [-0.15, -0.1) is 0 Å². The van der Waals surface area contributed by atoms with Crippen LogP contribution in [0.4, 0.5) is 0 Å². The van der Waals surface area contributed by atoms with Gasteiger partial charge in [-0.1, -0.05) is 65.5 Å². The van der Waals surface area contributed by atoms with Crippen molar-refractivity contribution in [1.82, 2.24) is 0 Å². The smallest absolute Gasteiger partial charge is 0.184 e. The molecule has 0 radical (unpaired) electrons. The second-order valence-corrected chi connectivity index (χ2v) is 14.1. The molecule has 0 spiro atoms. The third-order valence-corrected chi connectivity index (χ3v) is 10.7. The van der Waals surface area contributed by atoms with Crippen LogP contribution in [0.1, 0.15) is 63.9 Å². The van der Waals surface area contributed by atoms with Crippen LogP contribution in [0, 0.1) is 0 Å². The zero-order chi connectivity index (χ0) is 23.8. The molecular weight excluding hydrogens is 634 g/mol. The van der Waals surface area contributed by atoms with E-state index in [2.05, 4.69) is 57.0 Å². The van der Waals surface area contributed by atoms with Crippen molar-refractivity contribution in [3.8, 4) is 0 Å². The minimum absolute atomic E-state index is 0.318. The summed E-state index contributed by atoms with van der Waals surface area (Å²) in [4.78, 5) is 0.415. The number of sulfone groups is 1. The average molecular weight is 667 g/mol. The topological polar surface area (TPSA) is 52.6 Å². The van der Waals surface area contributed by atoms with E-state index in [1.165, 1.54) is 5.56 Å². The van der Waals surface area contributed by atoms with Gasteiger partial charge < -0.3 is 9.26 Å². The van der Waals surface area contributed by atoms with E-state index in [1.54, 1.807) is 24.3 Å². The minimum atomic E-state index is -3.38. The van der Waals surface area contributed by atoms with Crippen LogP contribution < -0.4 is 0 Å². The highest BCUT2D eigenvalue weighted by atomic mass is 127. The molecule has 3 rings (SSSR count). The van der Waals surface area contributed by atoms with E-state index in [1.807, 2.05) is 18.2 Å². The standard InChI is InChI=1S/C25H33BrIO4PS/c1-24(31-32-27,15-7-2-3-8-18-30-19-21-9-5-4-6-10-21)20-25(16-17-25)33(28,29)23-13-11-22(26)12-14-23/h4-6,9-14,32H,2-3,7-8,15-20H2,1H3. The summed E-state index contributed by atoms with van der Waals surface area (Å²) in [6, 6.07) is 17.3. The van der Waals surface area contributed by atoms with Crippen LogP contribution in [0.2, 0.25) is 0 Å². The maximum atomic E-state index is 13.4. The summed E-state index contributed by atoms with van der Waals surface area (Å²) >= 11 is 5.63. The van der Waals surface area contributed by atoms with Gasteiger partial charge in [0.05, 0.1) is 28.3 Å². The summed E-state index contributed by atoms with van der Waals surface area (Å²) in [5.41, 5.74) is 0.791. The second-order valence-electron chi connectivity index (χ2n) is 9.15. The largest absolute Gasteiger partial charge is 0.377 e. The van der Waals surface area contributed by atoms with Crippen molar-refractivity contribution >= 4 is 54.3 Å². The Bertz CT molecular complexity index is 968. The summed E-state index contributed by atoms with van der Waals surface area (Å²) in [7, 11) is -3.38. The van der Waals surface area contributed by atoms with Gasteiger partial charge >= 0.3 is 0 Å².